The van der Waals surface area contributed by atoms with E-state index < -0.39 is 0 Å². The van der Waals surface area contributed by atoms with E-state index in [2.05, 4.69) is 21.1 Å². The first-order valence-electron chi connectivity index (χ1n) is 5.80. The largest absolute Gasteiger partial charge is 0.356 e. The van der Waals surface area contributed by atoms with Crippen LogP contribution >= 0.6 is 0 Å². The van der Waals surface area contributed by atoms with Gasteiger partial charge in [-0.15, -0.1) is 0 Å². The summed E-state index contributed by atoms with van der Waals surface area (Å²) in [5, 5.41) is 5.91. The molecule has 92 valence electrons. The van der Waals surface area contributed by atoms with E-state index >= 15 is 0 Å². The van der Waals surface area contributed by atoms with Gasteiger partial charge in [-0.05, 0) is 26.2 Å². The minimum Gasteiger partial charge on any atom is -0.356 e. The SMILES string of the molecule is CCNC(=NCCCC(=O)NC1CC1)NN. The van der Waals surface area contributed by atoms with Crippen LogP contribution in [0.2, 0.25) is 0 Å². The molecule has 1 fully saturated rings. The van der Waals surface area contributed by atoms with Crippen LogP contribution in [-0.4, -0.2) is 31.0 Å². The van der Waals surface area contributed by atoms with Crippen LogP contribution in [0.1, 0.15) is 32.6 Å². The van der Waals surface area contributed by atoms with Crippen molar-refractivity contribution >= 4 is 11.9 Å². The summed E-state index contributed by atoms with van der Waals surface area (Å²) in [7, 11) is 0. The average Bonchev–Trinajstić information content (AvgIpc) is 3.06. The Labute approximate surface area is 96.0 Å². The van der Waals surface area contributed by atoms with E-state index in [1.807, 2.05) is 6.92 Å². The molecule has 0 bridgehead atoms. The highest BCUT2D eigenvalue weighted by Gasteiger charge is 2.22. The lowest BCUT2D eigenvalue weighted by atomic mass is 10.3. The maximum Gasteiger partial charge on any atom is 0.220 e. The van der Waals surface area contributed by atoms with Crippen molar-refractivity contribution in [1.82, 2.24) is 16.1 Å². The number of guanidine groups is 1. The normalized spacial score (nSPS) is 15.8. The number of nitrogens with one attached hydrogen (secondary N) is 3. The third-order valence-electron chi connectivity index (χ3n) is 2.26. The molecule has 1 saturated carbocycles. The molecule has 0 spiro atoms. The standard InChI is InChI=1S/C10H21N5O/c1-2-12-10(15-11)13-7-3-4-9(16)14-8-5-6-8/h8H,2-7,11H2,1H3,(H,14,16)(H2,12,13,15). The molecule has 16 heavy (non-hydrogen) atoms. The Balaban J connectivity index is 2.06. The molecular weight excluding hydrogens is 206 g/mol. The van der Waals surface area contributed by atoms with E-state index in [1.54, 1.807) is 0 Å². The molecule has 0 aromatic heterocycles. The Hall–Kier alpha value is -1.30. The summed E-state index contributed by atoms with van der Waals surface area (Å²) >= 11 is 0. The lowest BCUT2D eigenvalue weighted by Crippen LogP contribution is -2.41. The Morgan fingerprint density at radius 1 is 1.50 bits per heavy atom. The molecule has 0 saturated heterocycles. The zero-order valence-corrected chi connectivity index (χ0v) is 9.75. The van der Waals surface area contributed by atoms with Crippen LogP contribution in [-0.2, 0) is 4.79 Å². The van der Waals surface area contributed by atoms with Gasteiger partial charge in [-0.25, -0.2) is 5.84 Å². The zero-order valence-electron chi connectivity index (χ0n) is 9.75. The van der Waals surface area contributed by atoms with Gasteiger partial charge in [0.05, 0.1) is 0 Å². The first-order valence-corrected chi connectivity index (χ1v) is 5.80. The first-order chi connectivity index (χ1) is 7.76. The molecule has 6 heteroatoms. The number of hydrogen-bond acceptors (Lipinski definition) is 3. The van der Waals surface area contributed by atoms with Crippen LogP contribution in [0.3, 0.4) is 0 Å². The Morgan fingerprint density at radius 2 is 2.25 bits per heavy atom. The van der Waals surface area contributed by atoms with E-state index in [4.69, 9.17) is 5.84 Å². The lowest BCUT2D eigenvalue weighted by Gasteiger charge is -2.06. The van der Waals surface area contributed by atoms with Gasteiger partial charge in [0, 0.05) is 25.6 Å². The van der Waals surface area contributed by atoms with E-state index in [1.165, 1.54) is 0 Å². The summed E-state index contributed by atoms with van der Waals surface area (Å²) < 4.78 is 0. The maximum absolute atomic E-state index is 11.3. The molecule has 0 aliphatic heterocycles. The summed E-state index contributed by atoms with van der Waals surface area (Å²) in [6, 6.07) is 0.444. The van der Waals surface area contributed by atoms with Gasteiger partial charge in [-0.2, -0.15) is 0 Å². The second kappa shape index (κ2) is 7.05. The summed E-state index contributed by atoms with van der Waals surface area (Å²) in [4.78, 5) is 15.5. The molecule has 0 heterocycles. The Bertz CT molecular complexity index is 250. The van der Waals surface area contributed by atoms with Crippen molar-refractivity contribution in [2.24, 2.45) is 10.8 Å². The maximum atomic E-state index is 11.3. The molecule has 0 radical (unpaired) electrons. The molecule has 1 rings (SSSR count). The highest BCUT2D eigenvalue weighted by Crippen LogP contribution is 2.18. The van der Waals surface area contributed by atoms with E-state index in [9.17, 15) is 4.79 Å². The molecule has 0 atom stereocenters. The minimum atomic E-state index is 0.128. The van der Waals surface area contributed by atoms with Crippen LogP contribution in [0.15, 0.2) is 4.99 Å². The Morgan fingerprint density at radius 3 is 2.81 bits per heavy atom. The van der Waals surface area contributed by atoms with Gasteiger partial charge >= 0.3 is 0 Å². The third-order valence-corrected chi connectivity index (χ3v) is 2.26. The fourth-order valence-electron chi connectivity index (χ4n) is 1.28. The first kappa shape index (κ1) is 12.8. The number of carbonyl (C=O) groups is 1. The number of amides is 1. The van der Waals surface area contributed by atoms with Crippen molar-refractivity contribution in [3.63, 3.8) is 0 Å². The number of carbonyl (C=O) groups excluding carboxylic acids is 1. The van der Waals surface area contributed by atoms with Crippen molar-refractivity contribution in [3.05, 3.63) is 0 Å². The van der Waals surface area contributed by atoms with Crippen molar-refractivity contribution in [2.75, 3.05) is 13.1 Å². The van der Waals surface area contributed by atoms with Gasteiger partial charge in [0.25, 0.3) is 0 Å². The number of aliphatic imine (C=N–C) groups is 1. The molecule has 0 unspecified atom stereocenters. The van der Waals surface area contributed by atoms with Gasteiger partial charge < -0.3 is 10.6 Å². The second-order valence-corrected chi connectivity index (χ2v) is 3.85. The van der Waals surface area contributed by atoms with Crippen LogP contribution in [0.25, 0.3) is 0 Å². The number of hydrazine groups is 1. The van der Waals surface area contributed by atoms with E-state index in [-0.39, 0.29) is 5.91 Å². The highest BCUT2D eigenvalue weighted by atomic mass is 16.1. The van der Waals surface area contributed by atoms with Gasteiger partial charge in [-0.3, -0.25) is 15.2 Å². The number of nitrogens with two attached hydrogens (primary N) is 1. The third kappa shape index (κ3) is 5.55. The van der Waals surface area contributed by atoms with Crippen molar-refractivity contribution in [1.29, 1.82) is 0 Å². The zero-order chi connectivity index (χ0) is 11.8. The smallest absolute Gasteiger partial charge is 0.220 e. The van der Waals surface area contributed by atoms with Crippen molar-refractivity contribution in [2.45, 2.75) is 38.6 Å². The average molecular weight is 227 g/mol. The van der Waals surface area contributed by atoms with Crippen LogP contribution in [0, 0.1) is 0 Å². The fourth-order valence-corrected chi connectivity index (χ4v) is 1.28. The minimum absolute atomic E-state index is 0.128. The molecule has 5 N–H and O–H groups in total. The molecule has 6 nitrogen and oxygen atoms in total. The molecule has 0 aromatic carbocycles. The van der Waals surface area contributed by atoms with Crippen LogP contribution in [0.4, 0.5) is 0 Å². The monoisotopic (exact) mass is 227 g/mol. The van der Waals surface area contributed by atoms with E-state index in [0.717, 1.165) is 25.8 Å². The van der Waals surface area contributed by atoms with Gasteiger partial charge in [0.2, 0.25) is 11.9 Å². The highest BCUT2D eigenvalue weighted by molar-refractivity contribution is 5.79. The molecule has 1 aliphatic carbocycles. The number of nitrogens with zero attached hydrogens (tertiary/aromatic N) is 1. The van der Waals surface area contributed by atoms with Gasteiger partial charge in [0.1, 0.15) is 0 Å². The summed E-state index contributed by atoms with van der Waals surface area (Å²) in [5.41, 5.74) is 2.47. The molecule has 1 amide bonds. The summed E-state index contributed by atoms with van der Waals surface area (Å²) in [5.74, 6) is 5.95. The van der Waals surface area contributed by atoms with Crippen molar-refractivity contribution < 1.29 is 4.79 Å². The second-order valence-electron chi connectivity index (χ2n) is 3.85. The number of rotatable bonds is 6. The predicted octanol–water partition coefficient (Wildman–Crippen LogP) is -0.526. The molecule has 1 aliphatic rings. The van der Waals surface area contributed by atoms with Crippen LogP contribution < -0.4 is 21.9 Å². The fraction of sp³-hybridized carbons (Fsp3) is 0.800. The topological polar surface area (TPSA) is 91.5 Å². The Kier molecular flexibility index (Phi) is 5.63. The number of hydrogen-bond donors (Lipinski definition) is 4. The molecular formula is C10H21N5O. The molecule has 0 aromatic rings. The van der Waals surface area contributed by atoms with Gasteiger partial charge in [0.15, 0.2) is 0 Å². The lowest BCUT2D eigenvalue weighted by molar-refractivity contribution is -0.121. The quantitative estimate of drug-likeness (QED) is 0.161. The summed E-state index contributed by atoms with van der Waals surface area (Å²) in [6.45, 7) is 3.34. The summed E-state index contributed by atoms with van der Waals surface area (Å²) in [6.07, 6.45) is 3.54. The predicted molar refractivity (Wildman–Crippen MR) is 63.7 cm³/mol. The van der Waals surface area contributed by atoms with Gasteiger partial charge in [-0.1, -0.05) is 0 Å². The van der Waals surface area contributed by atoms with Crippen LogP contribution in [0.5, 0.6) is 0 Å². The van der Waals surface area contributed by atoms with Crippen molar-refractivity contribution in [3.8, 4) is 0 Å². The van der Waals surface area contributed by atoms with E-state index in [0.29, 0.717) is 25.0 Å².